The van der Waals surface area contributed by atoms with Gasteiger partial charge in [-0.3, -0.25) is 0 Å². The van der Waals surface area contributed by atoms with E-state index >= 15 is 0 Å². The van der Waals surface area contributed by atoms with Crippen LogP contribution in [0.1, 0.15) is 19.8 Å². The van der Waals surface area contributed by atoms with Crippen LogP contribution in [0.25, 0.3) is 0 Å². The van der Waals surface area contributed by atoms with E-state index in [1.807, 2.05) is 0 Å². The number of Topliss-reactive ketones (excluding diaryl/α,β-unsaturated/α-hetero) is 1. The van der Waals surface area contributed by atoms with E-state index in [0.717, 1.165) is 0 Å². The van der Waals surface area contributed by atoms with Crippen molar-refractivity contribution in [1.29, 1.82) is 0 Å². The molecular formula is C6H12O4P+. The predicted molar refractivity (Wildman–Crippen MR) is 40.5 cm³/mol. The molecule has 64 valence electrons. The molecule has 0 bridgehead atoms. The Kier molecular flexibility index (Phi) is 6.22. The zero-order valence-electron chi connectivity index (χ0n) is 6.70. The topological polar surface area (TPSA) is 52.6 Å². The third-order valence-electron chi connectivity index (χ3n) is 1.02. The molecule has 0 aromatic heterocycles. The second kappa shape index (κ2) is 6.40. The summed E-state index contributed by atoms with van der Waals surface area (Å²) in [4.78, 5) is 10.4. The van der Waals surface area contributed by atoms with Crippen LogP contribution in [0.5, 0.6) is 0 Å². The molecule has 5 heteroatoms. The molecule has 0 radical (unpaired) electrons. The maximum Gasteiger partial charge on any atom is 0.697 e. The van der Waals surface area contributed by atoms with Gasteiger partial charge in [0.15, 0.2) is 0 Å². The van der Waals surface area contributed by atoms with Crippen molar-refractivity contribution in [2.45, 2.75) is 19.8 Å². The van der Waals surface area contributed by atoms with Crippen molar-refractivity contribution in [2.75, 3.05) is 13.7 Å². The lowest BCUT2D eigenvalue weighted by molar-refractivity contribution is -0.117. The fourth-order valence-corrected chi connectivity index (χ4v) is 0.896. The number of carbonyl (C=O) groups is 1. The Morgan fingerprint density at radius 2 is 2.18 bits per heavy atom. The molecule has 0 aromatic rings. The van der Waals surface area contributed by atoms with Crippen molar-refractivity contribution in [3.05, 3.63) is 0 Å². The highest BCUT2D eigenvalue weighted by Crippen LogP contribution is 2.21. The van der Waals surface area contributed by atoms with Gasteiger partial charge in [-0.25, -0.2) is 0 Å². The first-order chi connectivity index (χ1) is 5.16. The Labute approximate surface area is 66.8 Å². The number of rotatable bonds is 6. The summed E-state index contributed by atoms with van der Waals surface area (Å²) >= 11 is 0. The fourth-order valence-electron chi connectivity index (χ4n) is 0.513. The van der Waals surface area contributed by atoms with Gasteiger partial charge in [0.25, 0.3) is 0 Å². The SMILES string of the molecule is CO[P+](=O)OCCCC(C)=O. The van der Waals surface area contributed by atoms with Gasteiger partial charge in [-0.05, 0) is 13.3 Å². The van der Waals surface area contributed by atoms with E-state index in [0.29, 0.717) is 19.4 Å². The monoisotopic (exact) mass is 179 g/mol. The lowest BCUT2D eigenvalue weighted by Crippen LogP contribution is -1.93. The maximum atomic E-state index is 10.5. The van der Waals surface area contributed by atoms with E-state index in [9.17, 15) is 9.36 Å². The fraction of sp³-hybridized carbons (Fsp3) is 0.833. The van der Waals surface area contributed by atoms with Gasteiger partial charge in [0, 0.05) is 11.0 Å². The first-order valence-electron chi connectivity index (χ1n) is 3.30. The van der Waals surface area contributed by atoms with Crippen LogP contribution in [-0.4, -0.2) is 19.5 Å². The standard InChI is InChI=1S/C6H12O4P/c1-6(7)4-3-5-10-11(8)9-2/h3-5H2,1-2H3/q+1. The van der Waals surface area contributed by atoms with Gasteiger partial charge in [-0.1, -0.05) is 0 Å². The molecule has 0 aliphatic heterocycles. The quantitative estimate of drug-likeness (QED) is 0.459. The third kappa shape index (κ3) is 7.59. The van der Waals surface area contributed by atoms with Crippen molar-refractivity contribution in [2.24, 2.45) is 0 Å². The zero-order chi connectivity index (χ0) is 8.69. The molecule has 0 saturated carbocycles. The van der Waals surface area contributed by atoms with Crippen LogP contribution in [0.15, 0.2) is 0 Å². The van der Waals surface area contributed by atoms with Gasteiger partial charge in [0.2, 0.25) is 0 Å². The summed E-state index contributed by atoms with van der Waals surface area (Å²) in [5, 5.41) is 0. The number of hydrogen-bond donors (Lipinski definition) is 0. The molecule has 0 rings (SSSR count). The normalized spacial score (nSPS) is 11.3. The smallest absolute Gasteiger partial charge is 0.300 e. The van der Waals surface area contributed by atoms with Gasteiger partial charge < -0.3 is 4.79 Å². The van der Waals surface area contributed by atoms with Gasteiger partial charge in [0.1, 0.15) is 12.4 Å². The number of hydrogen-bond acceptors (Lipinski definition) is 4. The Morgan fingerprint density at radius 3 is 2.64 bits per heavy atom. The van der Waals surface area contributed by atoms with E-state index in [2.05, 4.69) is 9.05 Å². The molecule has 0 aliphatic carbocycles. The van der Waals surface area contributed by atoms with Crippen LogP contribution >= 0.6 is 8.25 Å². The first-order valence-corrected chi connectivity index (χ1v) is 4.40. The minimum absolute atomic E-state index is 0.112. The van der Waals surface area contributed by atoms with Crippen molar-refractivity contribution in [3.63, 3.8) is 0 Å². The van der Waals surface area contributed by atoms with Crippen LogP contribution in [0.3, 0.4) is 0 Å². The molecule has 1 unspecified atom stereocenters. The minimum Gasteiger partial charge on any atom is -0.300 e. The largest absolute Gasteiger partial charge is 0.697 e. The van der Waals surface area contributed by atoms with Gasteiger partial charge in [-0.2, -0.15) is 0 Å². The zero-order valence-corrected chi connectivity index (χ0v) is 7.60. The number of carbonyl (C=O) groups excluding carboxylic acids is 1. The average molecular weight is 179 g/mol. The van der Waals surface area contributed by atoms with Gasteiger partial charge >= 0.3 is 8.25 Å². The van der Waals surface area contributed by atoms with Gasteiger partial charge in [-0.15, -0.1) is 9.05 Å². The van der Waals surface area contributed by atoms with Crippen LogP contribution in [-0.2, 0) is 18.4 Å². The Bertz CT molecular complexity index is 146. The summed E-state index contributed by atoms with van der Waals surface area (Å²) < 4.78 is 19.5. The molecule has 4 nitrogen and oxygen atoms in total. The van der Waals surface area contributed by atoms with E-state index in [1.54, 1.807) is 0 Å². The maximum absolute atomic E-state index is 10.5. The number of ketones is 1. The second-order valence-corrected chi connectivity index (χ2v) is 3.12. The first kappa shape index (κ1) is 10.7. The molecule has 0 amide bonds. The molecule has 0 spiro atoms. The van der Waals surface area contributed by atoms with Crippen molar-refractivity contribution in [3.8, 4) is 0 Å². The highest BCUT2D eigenvalue weighted by molar-refractivity contribution is 7.33. The predicted octanol–water partition coefficient (Wildman–Crippen LogP) is 1.68. The van der Waals surface area contributed by atoms with Crippen molar-refractivity contribution < 1.29 is 18.4 Å². The van der Waals surface area contributed by atoms with Gasteiger partial charge in [0.05, 0.1) is 7.11 Å². The molecular weight excluding hydrogens is 167 g/mol. The minimum atomic E-state index is -1.97. The van der Waals surface area contributed by atoms with E-state index < -0.39 is 8.25 Å². The molecule has 1 atom stereocenters. The Balaban J connectivity index is 3.14. The summed E-state index contributed by atoms with van der Waals surface area (Å²) in [6, 6.07) is 0. The summed E-state index contributed by atoms with van der Waals surface area (Å²) in [6.45, 7) is 1.82. The van der Waals surface area contributed by atoms with Crippen LogP contribution in [0.2, 0.25) is 0 Å². The summed E-state index contributed by atoms with van der Waals surface area (Å²) in [5.41, 5.74) is 0. The van der Waals surface area contributed by atoms with Crippen LogP contribution in [0, 0.1) is 0 Å². The third-order valence-corrected chi connectivity index (χ3v) is 1.71. The molecule has 0 aromatic carbocycles. The molecule has 0 aliphatic rings. The molecule has 0 saturated heterocycles. The summed E-state index contributed by atoms with van der Waals surface area (Å²) in [6.07, 6.45) is 1.06. The summed E-state index contributed by atoms with van der Waals surface area (Å²) in [5.74, 6) is 0.112. The molecule has 11 heavy (non-hydrogen) atoms. The average Bonchev–Trinajstić information content (AvgIpc) is 1.97. The van der Waals surface area contributed by atoms with Crippen LogP contribution < -0.4 is 0 Å². The Morgan fingerprint density at radius 1 is 1.55 bits per heavy atom. The van der Waals surface area contributed by atoms with Crippen molar-refractivity contribution in [1.82, 2.24) is 0 Å². The van der Waals surface area contributed by atoms with Crippen LogP contribution in [0.4, 0.5) is 0 Å². The van der Waals surface area contributed by atoms with Crippen molar-refractivity contribution >= 4 is 14.0 Å². The second-order valence-electron chi connectivity index (χ2n) is 2.04. The Hall–Kier alpha value is -0.310. The summed E-state index contributed by atoms with van der Waals surface area (Å²) in [7, 11) is -0.661. The highest BCUT2D eigenvalue weighted by Gasteiger charge is 2.15. The molecule has 0 heterocycles. The van der Waals surface area contributed by atoms with E-state index in [4.69, 9.17) is 0 Å². The van der Waals surface area contributed by atoms with E-state index in [-0.39, 0.29) is 5.78 Å². The molecule has 0 fully saturated rings. The lowest BCUT2D eigenvalue weighted by Gasteiger charge is -1.89. The van der Waals surface area contributed by atoms with E-state index in [1.165, 1.54) is 14.0 Å². The molecule has 0 N–H and O–H groups in total. The highest BCUT2D eigenvalue weighted by atomic mass is 31.1. The lowest BCUT2D eigenvalue weighted by atomic mass is 10.2.